The molecule has 0 radical (unpaired) electrons. The predicted molar refractivity (Wildman–Crippen MR) is 51.8 cm³/mol. The molecular formula is C9H9NO3S. The molecule has 0 amide bonds. The highest BCUT2D eigenvalue weighted by Gasteiger charge is 2.15. The van der Waals surface area contributed by atoms with E-state index in [1.54, 1.807) is 18.2 Å². The molecule has 5 heteroatoms. The molecule has 0 spiro atoms. The predicted octanol–water partition coefficient (Wildman–Crippen LogP) is 1.58. The van der Waals surface area contributed by atoms with Crippen LogP contribution in [0.5, 0.6) is 0 Å². The molecule has 0 atom stereocenters. The van der Waals surface area contributed by atoms with Crippen LogP contribution in [-0.4, -0.2) is 14.2 Å². The Morgan fingerprint density at radius 2 is 2.43 bits per heavy atom. The van der Waals surface area contributed by atoms with E-state index in [1.807, 2.05) is 0 Å². The number of rotatable bonds is 3. The van der Waals surface area contributed by atoms with Crippen LogP contribution in [-0.2, 0) is 9.84 Å². The van der Waals surface area contributed by atoms with Crippen LogP contribution in [0, 0.1) is 11.3 Å². The van der Waals surface area contributed by atoms with Gasteiger partial charge in [0.1, 0.15) is 16.7 Å². The summed E-state index contributed by atoms with van der Waals surface area (Å²) in [4.78, 5) is -0.269. The van der Waals surface area contributed by atoms with Gasteiger partial charge in [0.25, 0.3) is 0 Å². The average molecular weight is 211 g/mol. The van der Waals surface area contributed by atoms with E-state index >= 15 is 0 Å². The highest BCUT2D eigenvalue weighted by Crippen LogP contribution is 2.12. The summed E-state index contributed by atoms with van der Waals surface area (Å²) in [5.41, 5.74) is 0. The summed E-state index contributed by atoms with van der Waals surface area (Å²) >= 11 is 0. The van der Waals surface area contributed by atoms with Gasteiger partial charge >= 0.3 is 0 Å². The minimum atomic E-state index is -3.45. The summed E-state index contributed by atoms with van der Waals surface area (Å²) in [6.45, 7) is 1.49. The summed E-state index contributed by atoms with van der Waals surface area (Å²) in [5.74, 6) is 0.270. The summed E-state index contributed by atoms with van der Waals surface area (Å²) in [6, 6.07) is 4.85. The highest BCUT2D eigenvalue weighted by atomic mass is 32.2. The van der Waals surface area contributed by atoms with E-state index in [0.717, 1.165) is 0 Å². The second kappa shape index (κ2) is 4.11. The van der Waals surface area contributed by atoms with Crippen molar-refractivity contribution < 1.29 is 12.8 Å². The van der Waals surface area contributed by atoms with Crippen molar-refractivity contribution in [3.63, 3.8) is 0 Å². The van der Waals surface area contributed by atoms with E-state index in [-0.39, 0.29) is 10.7 Å². The number of furan rings is 1. The zero-order chi connectivity index (χ0) is 10.6. The lowest BCUT2D eigenvalue weighted by molar-refractivity contribution is 0.556. The largest absolute Gasteiger partial charge is 0.465 e. The molecule has 0 aliphatic rings. The molecule has 0 aromatic carbocycles. The maximum Gasteiger partial charge on any atom is 0.188 e. The quantitative estimate of drug-likeness (QED) is 0.711. The first kappa shape index (κ1) is 10.5. The van der Waals surface area contributed by atoms with Crippen LogP contribution in [0.15, 0.2) is 27.7 Å². The Morgan fingerprint density at radius 1 is 1.71 bits per heavy atom. The van der Waals surface area contributed by atoms with Crippen molar-refractivity contribution in [1.29, 1.82) is 5.26 Å². The van der Waals surface area contributed by atoms with E-state index in [9.17, 15) is 8.42 Å². The molecule has 0 unspecified atom stereocenters. The van der Waals surface area contributed by atoms with Crippen molar-refractivity contribution in [3.8, 4) is 6.07 Å². The fourth-order valence-electron chi connectivity index (χ4n) is 0.850. The van der Waals surface area contributed by atoms with Crippen molar-refractivity contribution in [3.05, 3.63) is 29.1 Å². The highest BCUT2D eigenvalue weighted by molar-refractivity contribution is 7.95. The first-order chi connectivity index (χ1) is 6.60. The topological polar surface area (TPSA) is 71.1 Å². The number of sulfone groups is 1. The Hall–Kier alpha value is -1.54. The van der Waals surface area contributed by atoms with Gasteiger partial charge in [-0.2, -0.15) is 5.26 Å². The van der Waals surface area contributed by atoms with E-state index < -0.39 is 9.84 Å². The van der Waals surface area contributed by atoms with Crippen molar-refractivity contribution >= 4 is 15.9 Å². The van der Waals surface area contributed by atoms with Crippen LogP contribution in [0.3, 0.4) is 0 Å². The van der Waals surface area contributed by atoms with Crippen LogP contribution in [0.2, 0.25) is 0 Å². The molecule has 0 saturated carbocycles. The summed E-state index contributed by atoms with van der Waals surface area (Å²) in [6.07, 6.45) is 2.64. The summed E-state index contributed by atoms with van der Waals surface area (Å²) in [7, 11) is -3.45. The zero-order valence-corrected chi connectivity index (χ0v) is 8.41. The SMILES string of the molecule is CCS(=O)(=O)C(C#N)=Cc1ccco1. The van der Waals surface area contributed by atoms with E-state index in [0.29, 0.717) is 5.76 Å². The van der Waals surface area contributed by atoms with Crippen molar-refractivity contribution in [1.82, 2.24) is 0 Å². The Morgan fingerprint density at radius 3 is 2.86 bits per heavy atom. The van der Waals surface area contributed by atoms with Gasteiger partial charge in [-0.1, -0.05) is 6.92 Å². The van der Waals surface area contributed by atoms with Crippen LogP contribution in [0.1, 0.15) is 12.7 Å². The molecule has 0 saturated heterocycles. The van der Waals surface area contributed by atoms with Crippen LogP contribution in [0.25, 0.3) is 6.08 Å². The Kier molecular flexibility index (Phi) is 3.10. The summed E-state index contributed by atoms with van der Waals surface area (Å²) < 4.78 is 27.6. The fourth-order valence-corrected chi connectivity index (χ4v) is 1.60. The maximum absolute atomic E-state index is 11.3. The number of nitrogens with zero attached hydrogens (tertiary/aromatic N) is 1. The standard InChI is InChI=1S/C9H9NO3S/c1-2-14(11,12)9(7-10)6-8-4-3-5-13-8/h3-6H,2H2,1H3. The van der Waals surface area contributed by atoms with Crippen LogP contribution < -0.4 is 0 Å². The smallest absolute Gasteiger partial charge is 0.188 e. The molecule has 0 fully saturated rings. The fraction of sp³-hybridized carbons (Fsp3) is 0.222. The number of hydrogen-bond acceptors (Lipinski definition) is 4. The van der Waals surface area contributed by atoms with E-state index in [4.69, 9.17) is 9.68 Å². The first-order valence-electron chi connectivity index (χ1n) is 3.98. The van der Waals surface area contributed by atoms with Crippen LogP contribution in [0.4, 0.5) is 0 Å². The Bertz CT molecular complexity index is 463. The van der Waals surface area contributed by atoms with Gasteiger partial charge < -0.3 is 4.42 Å². The van der Waals surface area contributed by atoms with Crippen molar-refractivity contribution in [2.45, 2.75) is 6.92 Å². The van der Waals surface area contributed by atoms with Crippen molar-refractivity contribution in [2.24, 2.45) is 0 Å². The van der Waals surface area contributed by atoms with Crippen LogP contribution >= 0.6 is 0 Å². The molecule has 1 aromatic heterocycles. The molecule has 0 aliphatic heterocycles. The Balaban J connectivity index is 3.13. The normalized spacial score (nSPS) is 12.4. The van der Waals surface area contributed by atoms with Crippen molar-refractivity contribution in [2.75, 3.05) is 5.75 Å². The average Bonchev–Trinajstić information content (AvgIpc) is 2.66. The monoisotopic (exact) mass is 211 g/mol. The van der Waals surface area contributed by atoms with E-state index in [1.165, 1.54) is 19.3 Å². The molecule has 74 valence electrons. The molecule has 1 rings (SSSR count). The van der Waals surface area contributed by atoms with Gasteiger partial charge in [0.2, 0.25) is 0 Å². The summed E-state index contributed by atoms with van der Waals surface area (Å²) in [5, 5.41) is 8.65. The van der Waals surface area contributed by atoms with Gasteiger partial charge in [0.05, 0.1) is 12.0 Å². The number of hydrogen-bond donors (Lipinski definition) is 0. The molecule has 0 bridgehead atoms. The molecular weight excluding hydrogens is 202 g/mol. The lowest BCUT2D eigenvalue weighted by atomic mass is 10.4. The van der Waals surface area contributed by atoms with Gasteiger partial charge in [-0.3, -0.25) is 0 Å². The number of nitriles is 1. The van der Waals surface area contributed by atoms with Gasteiger partial charge in [-0.05, 0) is 12.1 Å². The van der Waals surface area contributed by atoms with Gasteiger partial charge in [-0.25, -0.2) is 8.42 Å². The zero-order valence-electron chi connectivity index (χ0n) is 7.60. The maximum atomic E-state index is 11.3. The van der Waals surface area contributed by atoms with Gasteiger partial charge in [0, 0.05) is 6.08 Å². The molecule has 0 aliphatic carbocycles. The third kappa shape index (κ3) is 2.24. The molecule has 1 aromatic rings. The number of allylic oxidation sites excluding steroid dienone is 1. The lowest BCUT2D eigenvalue weighted by Gasteiger charge is -1.96. The molecule has 0 N–H and O–H groups in total. The first-order valence-corrected chi connectivity index (χ1v) is 5.63. The second-order valence-corrected chi connectivity index (χ2v) is 4.79. The minimum Gasteiger partial charge on any atom is -0.465 e. The molecule has 4 nitrogen and oxygen atoms in total. The van der Waals surface area contributed by atoms with Gasteiger partial charge in [-0.15, -0.1) is 0 Å². The van der Waals surface area contributed by atoms with Gasteiger partial charge in [0.15, 0.2) is 9.84 Å². The third-order valence-corrected chi connectivity index (χ3v) is 3.28. The van der Waals surface area contributed by atoms with E-state index in [2.05, 4.69) is 0 Å². The minimum absolute atomic E-state index is 0.0902. The second-order valence-electron chi connectivity index (χ2n) is 2.54. The molecule has 14 heavy (non-hydrogen) atoms. The third-order valence-electron chi connectivity index (χ3n) is 1.64. The Labute approximate surface area is 82.4 Å². The molecule has 1 heterocycles. The lowest BCUT2D eigenvalue weighted by Crippen LogP contribution is -2.04.